The maximum atomic E-state index is 4.26. The first-order valence-electron chi connectivity index (χ1n) is 4.07. The van der Waals surface area contributed by atoms with Crippen LogP contribution in [-0.2, 0) is 7.05 Å². The summed E-state index contributed by atoms with van der Waals surface area (Å²) in [5.41, 5.74) is 3.56. The standard InChI is InChI=1S/C10H12N2/c1-7-4-9-5-8(2)12(3)10(9)6-11-7/h4-6H,1-3H3. The molecule has 0 amide bonds. The molecule has 0 N–H and O–H groups in total. The zero-order valence-electron chi connectivity index (χ0n) is 7.63. The van der Waals surface area contributed by atoms with Gasteiger partial charge in [-0.25, -0.2) is 0 Å². The summed E-state index contributed by atoms with van der Waals surface area (Å²) in [6, 6.07) is 4.30. The first-order chi connectivity index (χ1) is 5.68. The van der Waals surface area contributed by atoms with Crippen LogP contribution in [0.4, 0.5) is 0 Å². The average Bonchev–Trinajstić information content (AvgIpc) is 2.28. The van der Waals surface area contributed by atoms with Crippen LogP contribution in [0.3, 0.4) is 0 Å². The lowest BCUT2D eigenvalue weighted by Gasteiger charge is -1.97. The van der Waals surface area contributed by atoms with Crippen molar-refractivity contribution in [1.82, 2.24) is 9.55 Å². The lowest BCUT2D eigenvalue weighted by atomic mass is 10.3. The second kappa shape index (κ2) is 2.34. The SMILES string of the molecule is Cc1cc2cc(C)n(C)c2cn1. The molecule has 0 fully saturated rings. The van der Waals surface area contributed by atoms with Gasteiger partial charge in [-0.3, -0.25) is 4.98 Å². The van der Waals surface area contributed by atoms with E-state index in [4.69, 9.17) is 0 Å². The molecule has 12 heavy (non-hydrogen) atoms. The van der Waals surface area contributed by atoms with E-state index >= 15 is 0 Å². The molecule has 2 heterocycles. The van der Waals surface area contributed by atoms with Crippen molar-refractivity contribution in [2.45, 2.75) is 13.8 Å². The Bertz CT molecular complexity index is 427. The summed E-state index contributed by atoms with van der Waals surface area (Å²) in [5, 5.41) is 1.28. The van der Waals surface area contributed by atoms with E-state index in [0.717, 1.165) is 5.69 Å². The zero-order valence-corrected chi connectivity index (χ0v) is 7.63. The van der Waals surface area contributed by atoms with Crippen LogP contribution < -0.4 is 0 Å². The van der Waals surface area contributed by atoms with Crippen molar-refractivity contribution in [3.05, 3.63) is 29.7 Å². The van der Waals surface area contributed by atoms with Gasteiger partial charge in [-0.05, 0) is 26.0 Å². The van der Waals surface area contributed by atoms with E-state index in [1.54, 1.807) is 0 Å². The van der Waals surface area contributed by atoms with E-state index in [1.165, 1.54) is 16.6 Å². The Morgan fingerprint density at radius 1 is 1.25 bits per heavy atom. The van der Waals surface area contributed by atoms with Crippen LogP contribution in [0.25, 0.3) is 10.9 Å². The summed E-state index contributed by atoms with van der Waals surface area (Å²) >= 11 is 0. The third-order valence-electron chi connectivity index (χ3n) is 2.31. The maximum Gasteiger partial charge on any atom is 0.0666 e. The molecule has 2 nitrogen and oxygen atoms in total. The van der Waals surface area contributed by atoms with Crippen LogP contribution in [0.2, 0.25) is 0 Å². The number of pyridine rings is 1. The molecule has 0 aromatic carbocycles. The number of aryl methyl sites for hydroxylation is 3. The number of fused-ring (bicyclic) bond motifs is 1. The zero-order chi connectivity index (χ0) is 8.72. The Labute approximate surface area is 71.8 Å². The molecule has 0 saturated carbocycles. The highest BCUT2D eigenvalue weighted by Gasteiger charge is 2.01. The number of rotatable bonds is 0. The summed E-state index contributed by atoms with van der Waals surface area (Å²) in [6.45, 7) is 4.12. The summed E-state index contributed by atoms with van der Waals surface area (Å²) in [7, 11) is 2.06. The van der Waals surface area contributed by atoms with Crippen molar-refractivity contribution in [2.24, 2.45) is 7.05 Å². The Kier molecular flexibility index (Phi) is 1.43. The minimum absolute atomic E-state index is 1.08. The number of aromatic nitrogens is 2. The van der Waals surface area contributed by atoms with E-state index in [-0.39, 0.29) is 0 Å². The maximum absolute atomic E-state index is 4.26. The fourth-order valence-electron chi connectivity index (χ4n) is 1.48. The molecule has 0 aliphatic rings. The topological polar surface area (TPSA) is 17.8 Å². The number of nitrogens with zero attached hydrogens (tertiary/aromatic N) is 2. The fourth-order valence-corrected chi connectivity index (χ4v) is 1.48. The van der Waals surface area contributed by atoms with Gasteiger partial charge >= 0.3 is 0 Å². The minimum Gasteiger partial charge on any atom is -0.347 e. The summed E-state index contributed by atoms with van der Waals surface area (Å²) in [5.74, 6) is 0. The van der Waals surface area contributed by atoms with E-state index in [1.807, 2.05) is 13.1 Å². The van der Waals surface area contributed by atoms with Crippen molar-refractivity contribution in [1.29, 1.82) is 0 Å². The van der Waals surface area contributed by atoms with Crippen molar-refractivity contribution in [3.63, 3.8) is 0 Å². The Morgan fingerprint density at radius 2 is 2.00 bits per heavy atom. The molecule has 0 aliphatic carbocycles. The van der Waals surface area contributed by atoms with Gasteiger partial charge in [0.1, 0.15) is 0 Å². The Hall–Kier alpha value is -1.31. The third-order valence-corrected chi connectivity index (χ3v) is 2.31. The smallest absolute Gasteiger partial charge is 0.0666 e. The second-order valence-electron chi connectivity index (χ2n) is 3.23. The molecule has 0 saturated heterocycles. The van der Waals surface area contributed by atoms with Crippen molar-refractivity contribution >= 4 is 10.9 Å². The van der Waals surface area contributed by atoms with Gasteiger partial charge in [0.25, 0.3) is 0 Å². The highest BCUT2D eigenvalue weighted by molar-refractivity contribution is 5.80. The predicted molar refractivity (Wildman–Crippen MR) is 50.2 cm³/mol. The predicted octanol–water partition coefficient (Wildman–Crippen LogP) is 2.19. The molecule has 0 aliphatic heterocycles. The monoisotopic (exact) mass is 160 g/mol. The molecule has 0 spiro atoms. The summed E-state index contributed by atoms with van der Waals surface area (Å²) < 4.78 is 2.15. The summed E-state index contributed by atoms with van der Waals surface area (Å²) in [6.07, 6.45) is 1.93. The first kappa shape index (κ1) is 7.35. The third kappa shape index (κ3) is 0.916. The van der Waals surface area contributed by atoms with Gasteiger partial charge in [-0.1, -0.05) is 0 Å². The molecule has 2 rings (SSSR count). The van der Waals surface area contributed by atoms with Crippen molar-refractivity contribution in [3.8, 4) is 0 Å². The Morgan fingerprint density at radius 3 is 2.75 bits per heavy atom. The minimum atomic E-state index is 1.08. The quantitative estimate of drug-likeness (QED) is 0.577. The lowest BCUT2D eigenvalue weighted by Crippen LogP contribution is -1.90. The molecule has 0 unspecified atom stereocenters. The van der Waals surface area contributed by atoms with Crippen molar-refractivity contribution < 1.29 is 0 Å². The van der Waals surface area contributed by atoms with Crippen LogP contribution >= 0.6 is 0 Å². The van der Waals surface area contributed by atoms with Crippen molar-refractivity contribution in [2.75, 3.05) is 0 Å². The van der Waals surface area contributed by atoms with Crippen LogP contribution in [0.1, 0.15) is 11.4 Å². The van der Waals surface area contributed by atoms with Gasteiger partial charge in [0.15, 0.2) is 0 Å². The van der Waals surface area contributed by atoms with Crippen LogP contribution in [0, 0.1) is 13.8 Å². The molecule has 0 atom stereocenters. The lowest BCUT2D eigenvalue weighted by molar-refractivity contribution is 0.914. The molecule has 0 bridgehead atoms. The van der Waals surface area contributed by atoms with Crippen LogP contribution in [-0.4, -0.2) is 9.55 Å². The van der Waals surface area contributed by atoms with E-state index in [0.29, 0.717) is 0 Å². The van der Waals surface area contributed by atoms with Gasteiger partial charge in [0.05, 0.1) is 11.7 Å². The van der Waals surface area contributed by atoms with E-state index < -0.39 is 0 Å². The first-order valence-corrected chi connectivity index (χ1v) is 4.07. The van der Waals surface area contributed by atoms with Crippen LogP contribution in [0.5, 0.6) is 0 Å². The molecule has 2 aromatic heterocycles. The number of hydrogen-bond donors (Lipinski definition) is 0. The van der Waals surface area contributed by atoms with Gasteiger partial charge in [-0.15, -0.1) is 0 Å². The van der Waals surface area contributed by atoms with Gasteiger partial charge in [0, 0.05) is 23.8 Å². The normalized spacial score (nSPS) is 10.9. The Balaban J connectivity index is 2.87. The molecular formula is C10H12N2. The molecular weight excluding hydrogens is 148 g/mol. The van der Waals surface area contributed by atoms with Crippen LogP contribution in [0.15, 0.2) is 18.3 Å². The average molecular weight is 160 g/mol. The number of hydrogen-bond acceptors (Lipinski definition) is 1. The van der Waals surface area contributed by atoms with Gasteiger partial charge in [0.2, 0.25) is 0 Å². The molecule has 62 valence electrons. The molecule has 2 heteroatoms. The highest BCUT2D eigenvalue weighted by Crippen LogP contribution is 2.17. The molecule has 2 aromatic rings. The van der Waals surface area contributed by atoms with E-state index in [2.05, 4.69) is 35.7 Å². The van der Waals surface area contributed by atoms with Gasteiger partial charge in [-0.2, -0.15) is 0 Å². The second-order valence-corrected chi connectivity index (χ2v) is 3.23. The van der Waals surface area contributed by atoms with Gasteiger partial charge < -0.3 is 4.57 Å². The summed E-state index contributed by atoms with van der Waals surface area (Å²) in [4.78, 5) is 4.26. The highest BCUT2D eigenvalue weighted by atomic mass is 14.9. The molecule has 0 radical (unpaired) electrons. The van der Waals surface area contributed by atoms with E-state index in [9.17, 15) is 0 Å². The largest absolute Gasteiger partial charge is 0.347 e. The fraction of sp³-hybridized carbons (Fsp3) is 0.300.